The Bertz CT molecular complexity index is 1310. The summed E-state index contributed by atoms with van der Waals surface area (Å²) in [6, 6.07) is 17.7. The fourth-order valence-electron chi connectivity index (χ4n) is 2.95. The fraction of sp³-hybridized carbons (Fsp3) is 0.0909. The van der Waals surface area contributed by atoms with E-state index in [0.29, 0.717) is 44.7 Å². The number of nitrogens with zero attached hydrogens (tertiary/aromatic N) is 3. The van der Waals surface area contributed by atoms with Gasteiger partial charge in [-0.05, 0) is 61.6 Å². The quantitative estimate of drug-likeness (QED) is 0.375. The number of carbonyl (C=O) groups excluding carboxylic acids is 1. The second-order valence-electron chi connectivity index (χ2n) is 6.63. The fourth-order valence-corrected chi connectivity index (χ4v) is 3.60. The van der Waals surface area contributed by atoms with E-state index in [9.17, 15) is 4.79 Å². The number of carbonyl (C=O) groups is 1. The number of nitrogens with one attached hydrogen (secondary N) is 2. The van der Waals surface area contributed by atoms with E-state index in [1.807, 2.05) is 37.3 Å². The van der Waals surface area contributed by atoms with Crippen molar-refractivity contribution >= 4 is 63.2 Å². The number of ether oxygens (including phenoxy) is 1. The van der Waals surface area contributed by atoms with Crippen LogP contribution >= 0.6 is 35.4 Å². The standard InChI is InChI=1S/C22H17Cl2N5O2S/c1-2-31-20-9-8-13(10-16(20)24)21(30)26-22(32)25-17-12-19-18(11-15(17)23)27-29(28-19)14-6-4-3-5-7-14/h3-12H,2H2,1H3,(H2,25,26,30,32). The van der Waals surface area contributed by atoms with Gasteiger partial charge in [-0.2, -0.15) is 4.80 Å². The molecule has 0 saturated heterocycles. The Kier molecular flexibility index (Phi) is 6.55. The summed E-state index contributed by atoms with van der Waals surface area (Å²) in [6.45, 7) is 2.33. The summed E-state index contributed by atoms with van der Waals surface area (Å²) in [5.41, 5.74) is 2.91. The van der Waals surface area contributed by atoms with Gasteiger partial charge in [-0.25, -0.2) is 0 Å². The Morgan fingerprint density at radius 2 is 1.75 bits per heavy atom. The van der Waals surface area contributed by atoms with E-state index in [0.717, 1.165) is 5.69 Å². The number of para-hydroxylation sites is 1. The minimum Gasteiger partial charge on any atom is -0.492 e. The number of thiocarbonyl (C=S) groups is 1. The van der Waals surface area contributed by atoms with E-state index < -0.39 is 5.91 Å². The Hall–Kier alpha value is -3.20. The van der Waals surface area contributed by atoms with Crippen LogP contribution in [0.4, 0.5) is 5.69 Å². The van der Waals surface area contributed by atoms with E-state index >= 15 is 0 Å². The maximum Gasteiger partial charge on any atom is 0.257 e. The lowest BCUT2D eigenvalue weighted by Gasteiger charge is -2.12. The first kappa shape index (κ1) is 22.0. The number of anilines is 1. The van der Waals surface area contributed by atoms with Gasteiger partial charge in [-0.3, -0.25) is 10.1 Å². The van der Waals surface area contributed by atoms with Gasteiger partial charge in [0.25, 0.3) is 5.91 Å². The third-order valence-corrected chi connectivity index (χ3v) is 5.24. The van der Waals surface area contributed by atoms with Crippen molar-refractivity contribution in [1.82, 2.24) is 20.3 Å². The average molecular weight is 486 g/mol. The number of hydrogen-bond donors (Lipinski definition) is 2. The molecule has 2 N–H and O–H groups in total. The highest BCUT2D eigenvalue weighted by atomic mass is 35.5. The van der Waals surface area contributed by atoms with Crippen molar-refractivity contribution < 1.29 is 9.53 Å². The van der Waals surface area contributed by atoms with Gasteiger partial charge in [0, 0.05) is 5.56 Å². The molecule has 162 valence electrons. The number of benzene rings is 3. The van der Waals surface area contributed by atoms with Gasteiger partial charge in [-0.15, -0.1) is 10.2 Å². The van der Waals surface area contributed by atoms with Crippen LogP contribution in [0.15, 0.2) is 60.7 Å². The van der Waals surface area contributed by atoms with Crippen LogP contribution in [-0.2, 0) is 0 Å². The molecule has 0 bridgehead atoms. The number of hydrogen-bond acceptors (Lipinski definition) is 5. The normalized spacial score (nSPS) is 10.7. The molecular weight excluding hydrogens is 469 g/mol. The molecule has 0 aliphatic rings. The molecule has 4 aromatic rings. The van der Waals surface area contributed by atoms with Crippen molar-refractivity contribution in [3.63, 3.8) is 0 Å². The van der Waals surface area contributed by atoms with E-state index in [4.69, 9.17) is 40.2 Å². The third kappa shape index (κ3) is 4.83. The topological polar surface area (TPSA) is 81.1 Å². The van der Waals surface area contributed by atoms with Gasteiger partial charge in [0.15, 0.2) is 5.11 Å². The van der Waals surface area contributed by atoms with Crippen molar-refractivity contribution in [2.24, 2.45) is 0 Å². The molecule has 0 atom stereocenters. The zero-order chi connectivity index (χ0) is 22.7. The Morgan fingerprint density at radius 1 is 1.03 bits per heavy atom. The van der Waals surface area contributed by atoms with E-state index in [-0.39, 0.29) is 5.11 Å². The molecule has 0 radical (unpaired) electrons. The molecule has 0 aliphatic heterocycles. The molecule has 32 heavy (non-hydrogen) atoms. The highest BCUT2D eigenvalue weighted by Gasteiger charge is 2.14. The van der Waals surface area contributed by atoms with Crippen LogP contribution in [0.2, 0.25) is 10.0 Å². The monoisotopic (exact) mass is 485 g/mol. The van der Waals surface area contributed by atoms with E-state index in [1.54, 1.807) is 24.3 Å². The van der Waals surface area contributed by atoms with Crippen LogP contribution in [0.5, 0.6) is 5.75 Å². The molecule has 0 spiro atoms. The molecule has 3 aromatic carbocycles. The molecule has 0 aliphatic carbocycles. The SMILES string of the molecule is CCOc1ccc(C(=O)NC(=S)Nc2cc3nn(-c4ccccc4)nc3cc2Cl)cc1Cl. The summed E-state index contributed by atoms with van der Waals surface area (Å²) in [4.78, 5) is 14.1. The zero-order valence-corrected chi connectivity index (χ0v) is 19.1. The summed E-state index contributed by atoms with van der Waals surface area (Å²) in [5, 5.41) is 15.3. The second kappa shape index (κ2) is 9.52. The molecule has 7 nitrogen and oxygen atoms in total. The molecule has 0 unspecified atom stereocenters. The third-order valence-electron chi connectivity index (χ3n) is 4.43. The minimum atomic E-state index is -0.417. The van der Waals surface area contributed by atoms with Gasteiger partial charge in [0.2, 0.25) is 0 Å². The van der Waals surface area contributed by atoms with Gasteiger partial charge in [0.05, 0.1) is 28.0 Å². The largest absolute Gasteiger partial charge is 0.492 e. The highest BCUT2D eigenvalue weighted by Crippen LogP contribution is 2.27. The molecule has 1 aromatic heterocycles. The molecule has 1 amide bonds. The van der Waals surface area contributed by atoms with Crippen molar-refractivity contribution in [1.29, 1.82) is 0 Å². The number of amides is 1. The first-order chi connectivity index (χ1) is 15.4. The predicted octanol–water partition coefficient (Wildman–Crippen LogP) is 5.25. The lowest BCUT2D eigenvalue weighted by atomic mass is 10.2. The molecule has 10 heteroatoms. The molecule has 0 fully saturated rings. The lowest BCUT2D eigenvalue weighted by Crippen LogP contribution is -2.34. The van der Waals surface area contributed by atoms with Crippen molar-refractivity contribution in [3.05, 3.63) is 76.3 Å². The van der Waals surface area contributed by atoms with Crippen molar-refractivity contribution in [2.75, 3.05) is 11.9 Å². The smallest absolute Gasteiger partial charge is 0.257 e. The van der Waals surface area contributed by atoms with Crippen LogP contribution in [0.1, 0.15) is 17.3 Å². The van der Waals surface area contributed by atoms with Crippen LogP contribution in [0, 0.1) is 0 Å². The highest BCUT2D eigenvalue weighted by molar-refractivity contribution is 7.80. The van der Waals surface area contributed by atoms with Crippen LogP contribution in [-0.4, -0.2) is 32.6 Å². The van der Waals surface area contributed by atoms with Gasteiger partial charge >= 0.3 is 0 Å². The molecule has 1 heterocycles. The number of fused-ring (bicyclic) bond motifs is 1. The number of aromatic nitrogens is 3. The maximum absolute atomic E-state index is 12.5. The van der Waals surface area contributed by atoms with E-state index in [1.165, 1.54) is 10.9 Å². The lowest BCUT2D eigenvalue weighted by molar-refractivity contribution is 0.0977. The van der Waals surface area contributed by atoms with Crippen LogP contribution in [0.3, 0.4) is 0 Å². The second-order valence-corrected chi connectivity index (χ2v) is 7.85. The number of rotatable bonds is 5. The Labute approximate surface area is 199 Å². The molecular formula is C22H17Cl2N5O2S. The van der Waals surface area contributed by atoms with Crippen molar-refractivity contribution in [2.45, 2.75) is 6.92 Å². The van der Waals surface area contributed by atoms with E-state index in [2.05, 4.69) is 20.8 Å². The summed E-state index contributed by atoms with van der Waals surface area (Å²) in [5.74, 6) is 0.0923. The first-order valence-electron chi connectivity index (χ1n) is 9.61. The Morgan fingerprint density at radius 3 is 2.44 bits per heavy atom. The maximum atomic E-state index is 12.5. The zero-order valence-electron chi connectivity index (χ0n) is 16.8. The van der Waals surface area contributed by atoms with Gasteiger partial charge in [-0.1, -0.05) is 41.4 Å². The summed E-state index contributed by atoms with van der Waals surface area (Å²) >= 11 is 17.8. The molecule has 0 saturated carbocycles. The first-order valence-corrected chi connectivity index (χ1v) is 10.8. The predicted molar refractivity (Wildman–Crippen MR) is 130 cm³/mol. The van der Waals surface area contributed by atoms with Crippen molar-refractivity contribution in [3.8, 4) is 11.4 Å². The number of halogens is 2. The average Bonchev–Trinajstić information content (AvgIpc) is 3.18. The van der Waals surface area contributed by atoms with Crippen LogP contribution in [0.25, 0.3) is 16.7 Å². The minimum absolute atomic E-state index is 0.0803. The van der Waals surface area contributed by atoms with Crippen LogP contribution < -0.4 is 15.4 Å². The summed E-state index contributed by atoms with van der Waals surface area (Å²) < 4.78 is 5.38. The Balaban J connectivity index is 1.49. The molecule has 4 rings (SSSR count). The van der Waals surface area contributed by atoms with Gasteiger partial charge in [0.1, 0.15) is 16.8 Å². The summed E-state index contributed by atoms with van der Waals surface area (Å²) in [7, 11) is 0. The van der Waals surface area contributed by atoms with Gasteiger partial charge < -0.3 is 10.1 Å². The summed E-state index contributed by atoms with van der Waals surface area (Å²) in [6.07, 6.45) is 0.